The van der Waals surface area contributed by atoms with Crippen LogP contribution in [0.3, 0.4) is 0 Å². The molecule has 0 spiro atoms. The van der Waals surface area contributed by atoms with Gasteiger partial charge in [-0.05, 0) is 43.4 Å². The molecule has 1 aliphatic heterocycles. The summed E-state index contributed by atoms with van der Waals surface area (Å²) in [5.41, 5.74) is 1.80. The predicted octanol–water partition coefficient (Wildman–Crippen LogP) is 3.27. The molecule has 0 aromatic heterocycles. The van der Waals surface area contributed by atoms with Crippen LogP contribution >= 0.6 is 0 Å². The minimum absolute atomic E-state index is 0.0218. The van der Waals surface area contributed by atoms with Gasteiger partial charge in [-0.25, -0.2) is 8.78 Å². The molecule has 3 N–H and O–H groups in total. The summed E-state index contributed by atoms with van der Waals surface area (Å²) in [6, 6.07) is 3.16. The van der Waals surface area contributed by atoms with Crippen molar-refractivity contribution < 1.29 is 31.0 Å². The largest absolute Gasteiger partial charge is 0.430 e. The fourth-order valence-corrected chi connectivity index (χ4v) is 4.46. The maximum absolute atomic E-state index is 14.0. The van der Waals surface area contributed by atoms with E-state index < -0.39 is 58.0 Å². The number of halogens is 5. The summed E-state index contributed by atoms with van der Waals surface area (Å²) in [4.78, 5) is 13.5. The lowest BCUT2D eigenvalue weighted by Crippen LogP contribution is -2.38. The molecule has 0 radical (unpaired) electrons. The van der Waals surface area contributed by atoms with Crippen LogP contribution in [-0.2, 0) is 22.1 Å². The quantitative estimate of drug-likeness (QED) is 0.493. The van der Waals surface area contributed by atoms with Gasteiger partial charge in [0.05, 0.1) is 6.54 Å². The fourth-order valence-electron chi connectivity index (χ4n) is 3.07. The van der Waals surface area contributed by atoms with Gasteiger partial charge in [-0.3, -0.25) is 14.4 Å². The SMILES string of the molecule is N=C(C=C(N)C(F)(F)F)C(=O)N(CCC1CCS(=O)CC1)Cc1c(F)cccc1F. The van der Waals surface area contributed by atoms with Crippen LogP contribution in [0, 0.1) is 23.0 Å². The highest BCUT2D eigenvalue weighted by molar-refractivity contribution is 7.85. The molecule has 1 saturated heterocycles. The van der Waals surface area contributed by atoms with Crippen molar-refractivity contribution in [1.82, 2.24) is 4.90 Å². The Morgan fingerprint density at radius 1 is 1.23 bits per heavy atom. The summed E-state index contributed by atoms with van der Waals surface area (Å²) >= 11 is 0. The number of rotatable bonds is 7. The molecule has 5 nitrogen and oxygen atoms in total. The molecule has 0 atom stereocenters. The maximum atomic E-state index is 14.0. The molecule has 1 aliphatic rings. The molecule has 2 rings (SSSR count). The molecule has 1 amide bonds. The van der Waals surface area contributed by atoms with Crippen LogP contribution in [0.1, 0.15) is 24.8 Å². The Labute approximate surface area is 173 Å². The van der Waals surface area contributed by atoms with Gasteiger partial charge in [-0.1, -0.05) is 6.07 Å². The van der Waals surface area contributed by atoms with E-state index in [4.69, 9.17) is 11.1 Å². The number of nitrogens with one attached hydrogen (secondary N) is 1. The Kier molecular flexibility index (Phi) is 8.10. The van der Waals surface area contributed by atoms with E-state index in [2.05, 4.69) is 0 Å². The summed E-state index contributed by atoms with van der Waals surface area (Å²) in [6.45, 7) is -0.565. The van der Waals surface area contributed by atoms with Crippen molar-refractivity contribution in [1.29, 1.82) is 5.41 Å². The van der Waals surface area contributed by atoms with Crippen molar-refractivity contribution in [3.05, 3.63) is 47.2 Å². The van der Waals surface area contributed by atoms with E-state index in [9.17, 15) is 31.0 Å². The van der Waals surface area contributed by atoms with Crippen LogP contribution in [0.5, 0.6) is 0 Å². The lowest BCUT2D eigenvalue weighted by Gasteiger charge is -2.27. The first kappa shape index (κ1) is 24.0. The van der Waals surface area contributed by atoms with Gasteiger partial charge < -0.3 is 10.6 Å². The van der Waals surface area contributed by atoms with E-state index in [1.807, 2.05) is 0 Å². The zero-order valence-corrected chi connectivity index (χ0v) is 16.8. The van der Waals surface area contributed by atoms with Gasteiger partial charge in [0.1, 0.15) is 23.0 Å². The van der Waals surface area contributed by atoms with Gasteiger partial charge >= 0.3 is 6.18 Å². The molecule has 0 aliphatic carbocycles. The number of benzene rings is 1. The first-order valence-corrected chi connectivity index (χ1v) is 10.7. The highest BCUT2D eigenvalue weighted by Gasteiger charge is 2.33. The van der Waals surface area contributed by atoms with Crippen LogP contribution in [0.4, 0.5) is 22.0 Å². The zero-order chi connectivity index (χ0) is 22.5. The topological polar surface area (TPSA) is 87.2 Å². The second-order valence-electron chi connectivity index (χ2n) is 7.02. The zero-order valence-electron chi connectivity index (χ0n) is 16.0. The number of alkyl halides is 3. The smallest absolute Gasteiger partial charge is 0.395 e. The van der Waals surface area contributed by atoms with Gasteiger partial charge in [-0.15, -0.1) is 0 Å². The highest BCUT2D eigenvalue weighted by atomic mass is 32.2. The van der Waals surface area contributed by atoms with Crippen LogP contribution in [-0.4, -0.2) is 45.0 Å². The summed E-state index contributed by atoms with van der Waals surface area (Å²) in [6.07, 6.45) is -3.00. The molecule has 1 aromatic rings. The molecule has 1 aromatic carbocycles. The highest BCUT2D eigenvalue weighted by Crippen LogP contribution is 2.23. The Morgan fingerprint density at radius 2 is 1.80 bits per heavy atom. The number of nitrogens with zero attached hydrogens (tertiary/aromatic N) is 1. The summed E-state index contributed by atoms with van der Waals surface area (Å²) in [5.74, 6) is -1.78. The number of carbonyl (C=O) groups excluding carboxylic acids is 1. The van der Waals surface area contributed by atoms with Crippen molar-refractivity contribution in [3.63, 3.8) is 0 Å². The second-order valence-corrected chi connectivity index (χ2v) is 8.71. The Hall–Kier alpha value is -2.30. The Morgan fingerprint density at radius 3 is 2.33 bits per heavy atom. The van der Waals surface area contributed by atoms with Crippen LogP contribution in [0.15, 0.2) is 30.0 Å². The standard InChI is InChI=1S/C19H22F5N3O2S/c20-14-2-1-3-15(21)13(14)11-27(7-4-12-5-8-30(29)9-6-12)18(28)16(25)10-17(26)19(22,23)24/h1-3,10,12,25H,4-9,11,26H2. The van der Waals surface area contributed by atoms with E-state index in [1.54, 1.807) is 0 Å². The van der Waals surface area contributed by atoms with Crippen LogP contribution < -0.4 is 5.73 Å². The van der Waals surface area contributed by atoms with Gasteiger partial charge in [0, 0.05) is 34.4 Å². The summed E-state index contributed by atoms with van der Waals surface area (Å²) in [7, 11) is -0.886. The lowest BCUT2D eigenvalue weighted by atomic mass is 9.98. The van der Waals surface area contributed by atoms with E-state index >= 15 is 0 Å². The molecule has 0 saturated carbocycles. The Bertz CT molecular complexity index is 827. The van der Waals surface area contributed by atoms with Gasteiger partial charge in [0.15, 0.2) is 0 Å². The molecule has 0 unspecified atom stereocenters. The monoisotopic (exact) mass is 451 g/mol. The predicted molar refractivity (Wildman–Crippen MR) is 103 cm³/mol. The molecule has 1 fully saturated rings. The first-order valence-electron chi connectivity index (χ1n) is 9.19. The van der Waals surface area contributed by atoms with E-state index in [-0.39, 0.29) is 18.5 Å². The average Bonchev–Trinajstić information content (AvgIpc) is 2.67. The van der Waals surface area contributed by atoms with Crippen molar-refractivity contribution in [2.24, 2.45) is 11.7 Å². The second kappa shape index (κ2) is 10.1. The molecule has 11 heteroatoms. The van der Waals surface area contributed by atoms with Gasteiger partial charge in [-0.2, -0.15) is 13.2 Å². The molecular formula is C19H22F5N3O2S. The first-order chi connectivity index (χ1) is 14.0. The molecule has 166 valence electrons. The minimum atomic E-state index is -4.91. The average molecular weight is 451 g/mol. The fraction of sp³-hybridized carbons (Fsp3) is 0.474. The van der Waals surface area contributed by atoms with Crippen LogP contribution in [0.2, 0.25) is 0 Å². The van der Waals surface area contributed by atoms with Gasteiger partial charge in [0.2, 0.25) is 0 Å². The van der Waals surface area contributed by atoms with Crippen molar-refractivity contribution >= 4 is 22.4 Å². The van der Waals surface area contributed by atoms with Crippen LogP contribution in [0.25, 0.3) is 0 Å². The normalized spacial score (nSPS) is 20.1. The third-order valence-electron chi connectivity index (χ3n) is 4.87. The van der Waals surface area contributed by atoms with E-state index in [0.717, 1.165) is 23.1 Å². The van der Waals surface area contributed by atoms with Gasteiger partial charge in [0.25, 0.3) is 5.91 Å². The van der Waals surface area contributed by atoms with Crippen molar-refractivity contribution in [3.8, 4) is 0 Å². The number of hydrogen-bond acceptors (Lipinski definition) is 4. The number of amides is 1. The molecular weight excluding hydrogens is 429 g/mol. The summed E-state index contributed by atoms with van der Waals surface area (Å²) in [5, 5.41) is 7.68. The number of hydrogen-bond donors (Lipinski definition) is 2. The maximum Gasteiger partial charge on any atom is 0.430 e. The third kappa shape index (κ3) is 6.61. The lowest BCUT2D eigenvalue weighted by molar-refractivity contribution is -0.124. The molecule has 0 bridgehead atoms. The van der Waals surface area contributed by atoms with Crippen molar-refractivity contribution in [2.45, 2.75) is 32.0 Å². The van der Waals surface area contributed by atoms with Crippen molar-refractivity contribution in [2.75, 3.05) is 18.1 Å². The number of carbonyl (C=O) groups is 1. The van der Waals surface area contributed by atoms with E-state index in [1.165, 1.54) is 0 Å². The summed E-state index contributed by atoms with van der Waals surface area (Å²) < 4.78 is 77.4. The molecule has 30 heavy (non-hydrogen) atoms. The minimum Gasteiger partial charge on any atom is -0.395 e. The molecule has 1 heterocycles. The van der Waals surface area contributed by atoms with E-state index in [0.29, 0.717) is 30.8 Å². The Balaban J connectivity index is 2.20. The number of allylic oxidation sites excluding steroid dienone is 1. The number of nitrogens with two attached hydrogens (primary N) is 1. The third-order valence-corrected chi connectivity index (χ3v) is 6.25.